The highest BCUT2D eigenvalue weighted by Gasteiger charge is 2.25. The fourth-order valence-electron chi connectivity index (χ4n) is 2.86. The summed E-state index contributed by atoms with van der Waals surface area (Å²) in [6.45, 7) is 7.35. The third kappa shape index (κ3) is 3.31. The molecule has 2 unspecified atom stereocenters. The second-order valence-corrected chi connectivity index (χ2v) is 5.70. The summed E-state index contributed by atoms with van der Waals surface area (Å²) in [7, 11) is 0. The van der Waals surface area contributed by atoms with Crippen molar-refractivity contribution in [1.29, 1.82) is 0 Å². The lowest BCUT2D eigenvalue weighted by Crippen LogP contribution is -2.24. The van der Waals surface area contributed by atoms with Crippen LogP contribution in [0.25, 0.3) is 0 Å². The third-order valence-electron chi connectivity index (χ3n) is 3.96. The van der Waals surface area contributed by atoms with Gasteiger partial charge in [-0.3, -0.25) is 0 Å². The number of hydrogen-bond acceptors (Lipinski definition) is 3. The van der Waals surface area contributed by atoms with Gasteiger partial charge in [-0.1, -0.05) is 40.0 Å². The van der Waals surface area contributed by atoms with Crippen LogP contribution in [0.1, 0.15) is 64.7 Å². The molecule has 1 aromatic rings. The standard InChI is InChI=1S/C14H26N4/c1-4-12-7-5-6-8-13(12)18-10-16-14(17-18)9-15-11(2)3/h10-13,15H,4-9H2,1-3H3. The lowest BCUT2D eigenvalue weighted by Gasteiger charge is -2.30. The molecule has 2 atom stereocenters. The minimum atomic E-state index is 0.482. The lowest BCUT2D eigenvalue weighted by atomic mass is 9.83. The second kappa shape index (κ2) is 6.32. The zero-order valence-corrected chi connectivity index (χ0v) is 11.9. The van der Waals surface area contributed by atoms with E-state index < -0.39 is 0 Å². The number of nitrogens with zero attached hydrogens (tertiary/aromatic N) is 3. The van der Waals surface area contributed by atoms with E-state index in [4.69, 9.17) is 0 Å². The van der Waals surface area contributed by atoms with Crippen LogP contribution in [0.15, 0.2) is 6.33 Å². The van der Waals surface area contributed by atoms with Crippen LogP contribution in [0, 0.1) is 5.92 Å². The van der Waals surface area contributed by atoms with Crippen LogP contribution in [0.3, 0.4) is 0 Å². The van der Waals surface area contributed by atoms with Crippen molar-refractivity contribution >= 4 is 0 Å². The van der Waals surface area contributed by atoms with Gasteiger partial charge in [-0.15, -0.1) is 0 Å². The van der Waals surface area contributed by atoms with E-state index in [9.17, 15) is 0 Å². The van der Waals surface area contributed by atoms with E-state index in [0.717, 1.165) is 18.3 Å². The summed E-state index contributed by atoms with van der Waals surface area (Å²) < 4.78 is 2.12. The SMILES string of the molecule is CCC1CCCCC1n1cnc(CNC(C)C)n1. The van der Waals surface area contributed by atoms with Crippen LogP contribution >= 0.6 is 0 Å². The Balaban J connectivity index is 1.99. The first-order valence-electron chi connectivity index (χ1n) is 7.34. The topological polar surface area (TPSA) is 42.7 Å². The summed E-state index contributed by atoms with van der Waals surface area (Å²) in [5, 5.41) is 8.01. The van der Waals surface area contributed by atoms with Crippen LogP contribution in [0.2, 0.25) is 0 Å². The molecule has 1 heterocycles. The molecule has 0 saturated heterocycles. The Morgan fingerprint density at radius 3 is 2.89 bits per heavy atom. The molecular formula is C14H26N4. The molecule has 0 aromatic carbocycles. The van der Waals surface area contributed by atoms with Gasteiger partial charge in [0.05, 0.1) is 12.6 Å². The fraction of sp³-hybridized carbons (Fsp3) is 0.857. The first-order chi connectivity index (χ1) is 8.70. The van der Waals surface area contributed by atoms with Crippen molar-refractivity contribution in [2.24, 2.45) is 5.92 Å². The molecule has 0 bridgehead atoms. The molecule has 1 aromatic heterocycles. The second-order valence-electron chi connectivity index (χ2n) is 5.70. The molecular weight excluding hydrogens is 224 g/mol. The molecule has 1 saturated carbocycles. The molecule has 2 rings (SSSR count). The Bertz CT molecular complexity index is 358. The molecule has 4 heteroatoms. The minimum Gasteiger partial charge on any atom is -0.308 e. The smallest absolute Gasteiger partial charge is 0.164 e. The average molecular weight is 250 g/mol. The molecule has 0 aliphatic heterocycles. The van der Waals surface area contributed by atoms with Crippen molar-refractivity contribution in [2.75, 3.05) is 0 Å². The number of aromatic nitrogens is 3. The van der Waals surface area contributed by atoms with E-state index in [2.05, 4.69) is 40.9 Å². The van der Waals surface area contributed by atoms with E-state index >= 15 is 0 Å². The highest BCUT2D eigenvalue weighted by molar-refractivity contribution is 4.86. The molecule has 0 amide bonds. The maximum atomic E-state index is 4.65. The van der Waals surface area contributed by atoms with Gasteiger partial charge in [0.25, 0.3) is 0 Å². The van der Waals surface area contributed by atoms with E-state index in [-0.39, 0.29) is 0 Å². The van der Waals surface area contributed by atoms with Gasteiger partial charge in [0, 0.05) is 6.04 Å². The Labute approximate surface area is 110 Å². The number of rotatable bonds is 5. The maximum absolute atomic E-state index is 4.65. The molecule has 18 heavy (non-hydrogen) atoms. The highest BCUT2D eigenvalue weighted by atomic mass is 15.4. The number of hydrogen-bond donors (Lipinski definition) is 1. The Kier molecular flexibility index (Phi) is 4.75. The van der Waals surface area contributed by atoms with E-state index in [0.29, 0.717) is 12.1 Å². The van der Waals surface area contributed by atoms with Crippen LogP contribution in [0.4, 0.5) is 0 Å². The van der Waals surface area contributed by atoms with Crippen molar-refractivity contribution < 1.29 is 0 Å². The van der Waals surface area contributed by atoms with E-state index in [1.807, 2.05) is 6.33 Å². The Morgan fingerprint density at radius 2 is 2.17 bits per heavy atom. The van der Waals surface area contributed by atoms with Crippen LogP contribution < -0.4 is 5.32 Å². The van der Waals surface area contributed by atoms with E-state index in [1.165, 1.54) is 32.1 Å². The zero-order chi connectivity index (χ0) is 13.0. The quantitative estimate of drug-likeness (QED) is 0.873. The number of nitrogens with one attached hydrogen (secondary N) is 1. The van der Waals surface area contributed by atoms with Gasteiger partial charge in [0.2, 0.25) is 0 Å². The summed E-state index contributed by atoms with van der Waals surface area (Å²) >= 11 is 0. The summed E-state index contributed by atoms with van der Waals surface area (Å²) in [4.78, 5) is 4.42. The normalized spacial score (nSPS) is 24.7. The van der Waals surface area contributed by atoms with Gasteiger partial charge in [-0.05, 0) is 18.8 Å². The van der Waals surface area contributed by atoms with Crippen molar-refractivity contribution in [3.8, 4) is 0 Å². The first-order valence-corrected chi connectivity index (χ1v) is 7.34. The zero-order valence-electron chi connectivity index (χ0n) is 11.9. The predicted octanol–water partition coefficient (Wildman–Crippen LogP) is 2.92. The predicted molar refractivity (Wildman–Crippen MR) is 73.3 cm³/mol. The van der Waals surface area contributed by atoms with Crippen molar-refractivity contribution in [1.82, 2.24) is 20.1 Å². The molecule has 1 aliphatic carbocycles. The van der Waals surface area contributed by atoms with Gasteiger partial charge in [-0.2, -0.15) is 5.10 Å². The van der Waals surface area contributed by atoms with Crippen LogP contribution in [-0.4, -0.2) is 20.8 Å². The van der Waals surface area contributed by atoms with Crippen molar-refractivity contribution in [3.63, 3.8) is 0 Å². The molecule has 0 radical (unpaired) electrons. The van der Waals surface area contributed by atoms with Crippen LogP contribution in [-0.2, 0) is 6.54 Å². The largest absolute Gasteiger partial charge is 0.308 e. The summed E-state index contributed by atoms with van der Waals surface area (Å²) in [5.41, 5.74) is 0. The fourth-order valence-corrected chi connectivity index (χ4v) is 2.86. The van der Waals surface area contributed by atoms with Gasteiger partial charge in [0.15, 0.2) is 5.82 Å². The third-order valence-corrected chi connectivity index (χ3v) is 3.96. The molecule has 1 fully saturated rings. The molecule has 4 nitrogen and oxygen atoms in total. The molecule has 1 N–H and O–H groups in total. The van der Waals surface area contributed by atoms with Crippen molar-refractivity contribution in [3.05, 3.63) is 12.2 Å². The van der Waals surface area contributed by atoms with Gasteiger partial charge in [0.1, 0.15) is 6.33 Å². The van der Waals surface area contributed by atoms with E-state index in [1.54, 1.807) is 0 Å². The molecule has 1 aliphatic rings. The average Bonchev–Trinajstić information content (AvgIpc) is 2.85. The summed E-state index contributed by atoms with van der Waals surface area (Å²) in [5.74, 6) is 1.70. The highest BCUT2D eigenvalue weighted by Crippen LogP contribution is 2.35. The van der Waals surface area contributed by atoms with Crippen molar-refractivity contribution in [2.45, 2.75) is 71.5 Å². The first kappa shape index (κ1) is 13.5. The maximum Gasteiger partial charge on any atom is 0.164 e. The minimum absolute atomic E-state index is 0.482. The van der Waals surface area contributed by atoms with Crippen LogP contribution in [0.5, 0.6) is 0 Å². The summed E-state index contributed by atoms with van der Waals surface area (Å²) in [6, 6.07) is 1.05. The van der Waals surface area contributed by atoms with Gasteiger partial charge < -0.3 is 5.32 Å². The Morgan fingerprint density at radius 1 is 1.39 bits per heavy atom. The molecule has 0 spiro atoms. The molecule has 102 valence electrons. The lowest BCUT2D eigenvalue weighted by molar-refractivity contribution is 0.216. The monoisotopic (exact) mass is 250 g/mol. The summed E-state index contributed by atoms with van der Waals surface area (Å²) in [6.07, 6.45) is 8.51. The van der Waals surface area contributed by atoms with Gasteiger partial charge in [-0.25, -0.2) is 9.67 Å². The van der Waals surface area contributed by atoms with Gasteiger partial charge >= 0.3 is 0 Å². The Hall–Kier alpha value is -0.900.